The molecule has 1 aliphatic rings. The molecule has 1 aromatic rings. The van der Waals surface area contributed by atoms with E-state index < -0.39 is 0 Å². The first-order valence-corrected chi connectivity index (χ1v) is 3.87. The van der Waals surface area contributed by atoms with Gasteiger partial charge in [-0.1, -0.05) is 0 Å². The van der Waals surface area contributed by atoms with Gasteiger partial charge in [0, 0.05) is 13.5 Å². The summed E-state index contributed by atoms with van der Waals surface area (Å²) in [5.74, 6) is 1.88. The van der Waals surface area contributed by atoms with Crippen molar-refractivity contribution < 1.29 is 4.42 Å². The van der Waals surface area contributed by atoms with E-state index in [1.165, 1.54) is 0 Å². The van der Waals surface area contributed by atoms with Crippen LogP contribution in [0.5, 0.6) is 0 Å². The molecule has 1 saturated heterocycles. The summed E-state index contributed by atoms with van der Waals surface area (Å²) in [5, 5.41) is 11.0. The van der Waals surface area contributed by atoms with E-state index in [-0.39, 0.29) is 0 Å². The van der Waals surface area contributed by atoms with Gasteiger partial charge in [-0.2, -0.15) is 0 Å². The molecule has 1 N–H and O–H groups in total. The van der Waals surface area contributed by atoms with Crippen LogP contribution in [0.1, 0.15) is 24.1 Å². The van der Waals surface area contributed by atoms with Crippen molar-refractivity contribution in [2.45, 2.75) is 19.3 Å². The van der Waals surface area contributed by atoms with Gasteiger partial charge in [0.1, 0.15) is 0 Å². The minimum Gasteiger partial charge on any atom is -0.425 e. The summed E-state index contributed by atoms with van der Waals surface area (Å²) in [6.45, 7) is 3.85. The summed E-state index contributed by atoms with van der Waals surface area (Å²) >= 11 is 0. The predicted octanol–water partition coefficient (Wildman–Crippen LogP) is 0.455. The van der Waals surface area contributed by atoms with Crippen LogP contribution >= 0.6 is 0 Å². The van der Waals surface area contributed by atoms with Crippen LogP contribution in [0.4, 0.5) is 0 Å². The zero-order chi connectivity index (χ0) is 7.68. The smallest absolute Gasteiger partial charge is 0.220 e. The van der Waals surface area contributed by atoms with Crippen LogP contribution in [0.3, 0.4) is 0 Å². The third-order valence-electron chi connectivity index (χ3n) is 1.95. The molecule has 0 bridgehead atoms. The number of hydrogen-bond acceptors (Lipinski definition) is 4. The van der Waals surface area contributed by atoms with E-state index in [1.54, 1.807) is 0 Å². The Balaban J connectivity index is 2.15. The first kappa shape index (κ1) is 6.79. The van der Waals surface area contributed by atoms with E-state index in [0.717, 1.165) is 25.4 Å². The number of nitrogens with zero attached hydrogens (tertiary/aromatic N) is 2. The van der Waals surface area contributed by atoms with Crippen LogP contribution in [-0.4, -0.2) is 23.3 Å². The maximum Gasteiger partial charge on any atom is 0.220 e. The fraction of sp³-hybridized carbons (Fsp3) is 0.714. The van der Waals surface area contributed by atoms with Crippen LogP contribution in [0, 0.1) is 6.92 Å². The molecule has 0 aromatic carbocycles. The molecule has 11 heavy (non-hydrogen) atoms. The average molecular weight is 153 g/mol. The van der Waals surface area contributed by atoms with E-state index in [1.807, 2.05) is 6.92 Å². The van der Waals surface area contributed by atoms with Gasteiger partial charge in [0.25, 0.3) is 0 Å². The second-order valence-electron chi connectivity index (χ2n) is 2.85. The van der Waals surface area contributed by atoms with Crippen LogP contribution in [0.15, 0.2) is 4.42 Å². The Morgan fingerprint density at radius 2 is 2.45 bits per heavy atom. The molecule has 1 fully saturated rings. The molecule has 1 aromatic heterocycles. The fourth-order valence-corrected chi connectivity index (χ4v) is 1.34. The molecule has 2 heterocycles. The minimum absolute atomic E-state index is 0.441. The highest BCUT2D eigenvalue weighted by Crippen LogP contribution is 2.20. The molecule has 2 rings (SSSR count). The number of aryl methyl sites for hydroxylation is 1. The maximum absolute atomic E-state index is 5.31. The van der Waals surface area contributed by atoms with Crippen molar-refractivity contribution in [1.82, 2.24) is 15.5 Å². The Morgan fingerprint density at radius 3 is 3.00 bits per heavy atom. The normalized spacial score (nSPS) is 24.3. The van der Waals surface area contributed by atoms with Gasteiger partial charge in [-0.05, 0) is 13.0 Å². The lowest BCUT2D eigenvalue weighted by molar-refractivity contribution is 0.437. The van der Waals surface area contributed by atoms with Crippen molar-refractivity contribution >= 4 is 0 Å². The molecule has 0 aliphatic carbocycles. The number of nitrogens with one attached hydrogen (secondary N) is 1. The highest BCUT2D eigenvalue weighted by atomic mass is 16.4. The van der Waals surface area contributed by atoms with Crippen LogP contribution in [0.25, 0.3) is 0 Å². The summed E-state index contributed by atoms with van der Waals surface area (Å²) in [5.41, 5.74) is 0. The van der Waals surface area contributed by atoms with Crippen molar-refractivity contribution in [2.24, 2.45) is 0 Å². The van der Waals surface area contributed by atoms with Crippen molar-refractivity contribution in [3.8, 4) is 0 Å². The summed E-state index contributed by atoms with van der Waals surface area (Å²) in [7, 11) is 0. The molecule has 60 valence electrons. The van der Waals surface area contributed by atoms with Crippen molar-refractivity contribution in [3.63, 3.8) is 0 Å². The van der Waals surface area contributed by atoms with E-state index in [2.05, 4.69) is 15.5 Å². The lowest BCUT2D eigenvalue weighted by Crippen LogP contribution is -2.08. The van der Waals surface area contributed by atoms with Gasteiger partial charge in [-0.25, -0.2) is 0 Å². The van der Waals surface area contributed by atoms with E-state index in [0.29, 0.717) is 11.8 Å². The highest BCUT2D eigenvalue weighted by molar-refractivity contribution is 4.95. The summed E-state index contributed by atoms with van der Waals surface area (Å²) in [6.07, 6.45) is 1.11. The highest BCUT2D eigenvalue weighted by Gasteiger charge is 2.21. The number of rotatable bonds is 1. The Morgan fingerprint density at radius 1 is 1.55 bits per heavy atom. The van der Waals surface area contributed by atoms with Gasteiger partial charge < -0.3 is 9.73 Å². The quantitative estimate of drug-likeness (QED) is 0.636. The SMILES string of the molecule is Cc1nnc([C@H]2CCNC2)o1. The zero-order valence-electron chi connectivity index (χ0n) is 6.50. The molecule has 0 radical (unpaired) electrons. The third-order valence-corrected chi connectivity index (χ3v) is 1.95. The molecule has 4 heteroatoms. The zero-order valence-corrected chi connectivity index (χ0v) is 6.50. The lowest BCUT2D eigenvalue weighted by atomic mass is 10.1. The predicted molar refractivity (Wildman–Crippen MR) is 39.3 cm³/mol. The maximum atomic E-state index is 5.31. The molecule has 0 spiro atoms. The first-order chi connectivity index (χ1) is 5.36. The van der Waals surface area contributed by atoms with Gasteiger partial charge in [0.15, 0.2) is 0 Å². The van der Waals surface area contributed by atoms with Crippen LogP contribution in [0.2, 0.25) is 0 Å². The first-order valence-electron chi connectivity index (χ1n) is 3.87. The Labute approximate surface area is 65.0 Å². The second kappa shape index (κ2) is 2.62. The summed E-state index contributed by atoms with van der Waals surface area (Å²) in [4.78, 5) is 0. The van der Waals surface area contributed by atoms with E-state index in [4.69, 9.17) is 4.42 Å². The largest absolute Gasteiger partial charge is 0.425 e. The minimum atomic E-state index is 0.441. The molecule has 1 atom stereocenters. The third kappa shape index (κ3) is 1.26. The lowest BCUT2D eigenvalue weighted by Gasteiger charge is -1.98. The standard InChI is InChI=1S/C7H11N3O/c1-5-9-10-7(11-5)6-2-3-8-4-6/h6,8H,2-4H2,1H3/t6-/m0/s1. The van der Waals surface area contributed by atoms with E-state index in [9.17, 15) is 0 Å². The molecular weight excluding hydrogens is 142 g/mol. The van der Waals surface area contributed by atoms with Crippen molar-refractivity contribution in [3.05, 3.63) is 11.8 Å². The van der Waals surface area contributed by atoms with Gasteiger partial charge in [0.2, 0.25) is 11.8 Å². The summed E-state index contributed by atoms with van der Waals surface area (Å²) < 4.78 is 5.31. The average Bonchev–Trinajstić information content (AvgIpc) is 2.55. The molecule has 4 nitrogen and oxygen atoms in total. The Hall–Kier alpha value is -0.900. The molecule has 0 unspecified atom stereocenters. The van der Waals surface area contributed by atoms with Crippen molar-refractivity contribution in [1.29, 1.82) is 0 Å². The molecule has 1 aliphatic heterocycles. The van der Waals surface area contributed by atoms with Crippen LogP contribution in [-0.2, 0) is 0 Å². The molecule has 0 saturated carbocycles. The second-order valence-corrected chi connectivity index (χ2v) is 2.85. The van der Waals surface area contributed by atoms with Crippen molar-refractivity contribution in [2.75, 3.05) is 13.1 Å². The monoisotopic (exact) mass is 153 g/mol. The number of aromatic nitrogens is 2. The molecule has 0 amide bonds. The van der Waals surface area contributed by atoms with Gasteiger partial charge >= 0.3 is 0 Å². The van der Waals surface area contributed by atoms with Crippen LogP contribution < -0.4 is 5.32 Å². The number of hydrogen-bond donors (Lipinski definition) is 1. The van der Waals surface area contributed by atoms with Gasteiger partial charge in [-0.15, -0.1) is 10.2 Å². The fourth-order valence-electron chi connectivity index (χ4n) is 1.34. The summed E-state index contributed by atoms with van der Waals surface area (Å²) in [6, 6.07) is 0. The van der Waals surface area contributed by atoms with Gasteiger partial charge in [0.05, 0.1) is 5.92 Å². The topological polar surface area (TPSA) is 51.0 Å². The Bertz CT molecular complexity index is 240. The van der Waals surface area contributed by atoms with Gasteiger partial charge in [-0.3, -0.25) is 0 Å². The Kier molecular flexibility index (Phi) is 1.62. The van der Waals surface area contributed by atoms with E-state index >= 15 is 0 Å². The molecular formula is C7H11N3O.